The third kappa shape index (κ3) is 55.2. The molecular weight excluding hydrogens is 1440 g/mol. The number of likely N-dealkylation sites (tertiary alicyclic amines) is 5. The van der Waals surface area contributed by atoms with Crippen molar-refractivity contribution in [1.29, 1.82) is 0 Å². The van der Waals surface area contributed by atoms with Crippen LogP contribution in [-0.4, -0.2) is 182 Å². The van der Waals surface area contributed by atoms with Gasteiger partial charge in [-0.25, -0.2) is 0 Å². The quantitative estimate of drug-likeness (QED) is 0.0360. The largest absolute Gasteiger partial charge is 0.356 e. The zero-order valence-corrected chi connectivity index (χ0v) is 76.2. The molecule has 5 atom stereocenters. The van der Waals surface area contributed by atoms with Gasteiger partial charge < -0.3 is 51.1 Å². The molecule has 5 aliphatic heterocycles. The lowest BCUT2D eigenvalue weighted by Crippen LogP contribution is -2.33. The van der Waals surface area contributed by atoms with Gasteiger partial charge in [0.05, 0.1) is 29.6 Å². The van der Waals surface area contributed by atoms with Crippen molar-refractivity contribution in [3.05, 3.63) is 0 Å². The molecule has 5 aliphatic rings. The normalized spacial score (nSPS) is 17.7. The Hall–Kier alpha value is -5.30. The summed E-state index contributed by atoms with van der Waals surface area (Å²) in [6.07, 6.45) is 62.3. The summed E-state index contributed by atoms with van der Waals surface area (Å²) in [7, 11) is 0. The Bertz CT molecular complexity index is 2490. The molecule has 0 bridgehead atoms. The first kappa shape index (κ1) is 108. The van der Waals surface area contributed by atoms with Crippen LogP contribution in [0.5, 0.6) is 0 Å². The van der Waals surface area contributed by atoms with E-state index in [-0.39, 0.29) is 88.7 Å². The molecule has 5 saturated heterocycles. The summed E-state index contributed by atoms with van der Waals surface area (Å²) in [5, 5.41) is 15.0. The fourth-order valence-corrected chi connectivity index (χ4v) is 15.8. The molecule has 20 nitrogen and oxygen atoms in total. The summed E-state index contributed by atoms with van der Waals surface area (Å²) in [5.74, 6) is 0.476. The average molecular weight is 1620 g/mol. The van der Waals surface area contributed by atoms with Crippen molar-refractivity contribution >= 4 is 59.1 Å². The van der Waals surface area contributed by atoms with Gasteiger partial charge in [0, 0.05) is 130 Å². The summed E-state index contributed by atoms with van der Waals surface area (Å²) < 4.78 is 0. The van der Waals surface area contributed by atoms with Crippen LogP contribution >= 0.6 is 0 Å². The zero-order chi connectivity index (χ0) is 84.6. The smallest absolute Gasteiger partial charge is 0.225 e. The molecule has 115 heavy (non-hydrogen) atoms. The van der Waals surface area contributed by atoms with E-state index in [1.807, 2.05) is 24.5 Å². The number of nitrogens with one attached hydrogen (secondary N) is 5. The molecule has 0 spiro atoms. The molecule has 5 N–H and O–H groups in total. The van der Waals surface area contributed by atoms with Gasteiger partial charge in [-0.15, -0.1) is 0 Å². The molecule has 10 amide bonds. The Morgan fingerprint density at radius 1 is 0.200 bits per heavy atom. The van der Waals surface area contributed by atoms with E-state index < -0.39 is 0 Å². The van der Waals surface area contributed by atoms with Gasteiger partial charge in [0.2, 0.25) is 59.1 Å². The van der Waals surface area contributed by atoms with E-state index in [2.05, 4.69) is 95.8 Å². The van der Waals surface area contributed by atoms with Gasteiger partial charge in [-0.05, 0) is 64.2 Å². The second kappa shape index (κ2) is 75.0. The molecule has 0 aromatic heterocycles. The average Bonchev–Trinajstić information content (AvgIpc) is 1.75. The Morgan fingerprint density at radius 2 is 0.322 bits per heavy atom. The number of amides is 10. The van der Waals surface area contributed by atoms with Gasteiger partial charge >= 0.3 is 0 Å². The number of rotatable bonds is 65. The minimum Gasteiger partial charge on any atom is -0.356 e. The number of hydrogen-bond acceptors (Lipinski definition) is 10. The maximum atomic E-state index is 12.2. The third-order valence-electron chi connectivity index (χ3n) is 23.5. The first-order valence-electron chi connectivity index (χ1n) is 48.7. The Balaban J connectivity index is 0.000000720. The van der Waals surface area contributed by atoms with Crippen molar-refractivity contribution in [2.45, 2.75) is 422 Å². The van der Waals surface area contributed by atoms with Gasteiger partial charge in [0.1, 0.15) is 0 Å². The highest BCUT2D eigenvalue weighted by Gasteiger charge is 2.38. The van der Waals surface area contributed by atoms with Crippen molar-refractivity contribution in [3.63, 3.8) is 0 Å². The highest BCUT2D eigenvalue weighted by atomic mass is 16.2. The van der Waals surface area contributed by atoms with Crippen LogP contribution in [0.15, 0.2) is 0 Å². The summed E-state index contributed by atoms with van der Waals surface area (Å²) in [5.41, 5.74) is 0. The molecule has 5 unspecified atom stereocenters. The maximum absolute atomic E-state index is 12.2. The van der Waals surface area contributed by atoms with Crippen LogP contribution in [0.1, 0.15) is 422 Å². The summed E-state index contributed by atoms with van der Waals surface area (Å²) >= 11 is 0. The first-order valence-corrected chi connectivity index (χ1v) is 48.7. The third-order valence-corrected chi connectivity index (χ3v) is 23.5. The molecule has 0 radical (unpaired) electrons. The molecule has 0 aromatic carbocycles. The van der Waals surface area contributed by atoms with Crippen LogP contribution in [0.2, 0.25) is 0 Å². The summed E-state index contributed by atoms with van der Waals surface area (Å²) in [4.78, 5) is 130. The predicted octanol–water partition coefficient (Wildman–Crippen LogP) is 19.5. The molecule has 0 saturated carbocycles. The summed E-state index contributed by atoms with van der Waals surface area (Å²) in [6.45, 7) is 33.0. The lowest BCUT2D eigenvalue weighted by Gasteiger charge is -2.16. The minimum atomic E-state index is -0.132. The maximum Gasteiger partial charge on any atom is 0.225 e. The number of unbranched alkanes of at least 4 members (excludes halogenated alkanes) is 40. The van der Waals surface area contributed by atoms with E-state index in [4.69, 9.17) is 0 Å². The summed E-state index contributed by atoms with van der Waals surface area (Å²) in [6, 6.07) is 0. The Kier molecular flexibility index (Phi) is 70.2. The highest BCUT2D eigenvalue weighted by molar-refractivity contribution is 5.92. The van der Waals surface area contributed by atoms with Crippen LogP contribution < -0.4 is 26.6 Å². The molecule has 0 aliphatic carbocycles. The van der Waals surface area contributed by atoms with Crippen molar-refractivity contribution in [3.8, 4) is 0 Å². The first-order chi connectivity index (χ1) is 55.9. The second-order valence-corrected chi connectivity index (χ2v) is 34.3. The SMILES string of the molecule is CCCCCCCCCCN1CC(C(=O)NCCCCCC)CC1=O.CCCCCCCCCN1CC(C(=O)NCCCCCC)CC1=O.CCCCCCCCN1CC(C(=O)NCCCCCC)CC1=O.CCCCCCCN1CC(C(=O)NCCCCCC)CC1=O.CCCCCCNC(=O)C1CC(=O)N(CCCCCC)C1. The van der Waals surface area contributed by atoms with Crippen molar-refractivity contribution in [2.24, 2.45) is 29.6 Å². The van der Waals surface area contributed by atoms with Crippen molar-refractivity contribution in [1.82, 2.24) is 51.1 Å². The topological polar surface area (TPSA) is 247 Å². The number of nitrogens with zero attached hydrogens (tertiary/aromatic N) is 5. The fourth-order valence-electron chi connectivity index (χ4n) is 15.8. The Morgan fingerprint density at radius 3 is 0.470 bits per heavy atom. The number of carbonyl (C=O) groups is 10. The Labute approximate surface area is 704 Å². The van der Waals surface area contributed by atoms with E-state index in [1.54, 1.807) is 0 Å². The molecule has 670 valence electrons. The number of carbonyl (C=O) groups excluding carboxylic acids is 10. The second-order valence-electron chi connectivity index (χ2n) is 34.3. The van der Waals surface area contributed by atoms with E-state index in [0.29, 0.717) is 64.8 Å². The van der Waals surface area contributed by atoms with Crippen molar-refractivity contribution < 1.29 is 47.9 Å². The highest BCUT2D eigenvalue weighted by Crippen LogP contribution is 2.25. The number of hydrogen-bond donors (Lipinski definition) is 5. The van der Waals surface area contributed by atoms with E-state index in [9.17, 15) is 47.9 Å². The minimum absolute atomic E-state index is 0.0657. The van der Waals surface area contributed by atoms with Crippen LogP contribution in [0.4, 0.5) is 0 Å². The van der Waals surface area contributed by atoms with Crippen LogP contribution in [-0.2, 0) is 47.9 Å². The van der Waals surface area contributed by atoms with E-state index >= 15 is 0 Å². The van der Waals surface area contributed by atoms with Gasteiger partial charge in [-0.2, -0.15) is 0 Å². The molecule has 5 heterocycles. The monoisotopic (exact) mass is 1620 g/mol. The molecule has 20 heteroatoms. The van der Waals surface area contributed by atoms with Crippen molar-refractivity contribution in [2.75, 3.05) is 98.2 Å². The van der Waals surface area contributed by atoms with Gasteiger partial charge in [0.25, 0.3) is 0 Å². The molecular formula is C95H180N10O10. The van der Waals surface area contributed by atoms with Gasteiger partial charge in [0.15, 0.2) is 0 Å². The van der Waals surface area contributed by atoms with Crippen LogP contribution in [0.25, 0.3) is 0 Å². The van der Waals surface area contributed by atoms with E-state index in [1.165, 1.54) is 257 Å². The molecule has 0 aromatic rings. The van der Waals surface area contributed by atoms with Gasteiger partial charge in [-0.1, -0.05) is 326 Å². The van der Waals surface area contributed by atoms with E-state index in [0.717, 1.165) is 130 Å². The zero-order valence-electron chi connectivity index (χ0n) is 76.2. The fraction of sp³-hybridized carbons (Fsp3) is 0.895. The van der Waals surface area contributed by atoms with Crippen LogP contribution in [0.3, 0.4) is 0 Å². The predicted molar refractivity (Wildman–Crippen MR) is 476 cm³/mol. The standard InChI is InChI=1S/C21H40N2O2.C20H38N2O2.C19H36N2O2.C18H34N2O2.C17H32N2O2/c1-3-5-7-9-10-11-12-14-16-23-18-19(17-20(23)24)21(25)22-15-13-8-6-4-2;1-3-5-7-9-10-11-13-15-22-17-18(16-19(22)23)20(24)21-14-12-8-6-4-2;1-3-5-7-9-10-12-14-21-16-17(15-18(21)22)19(23)20-13-11-8-6-4-2;1-3-5-7-9-11-13-20-15-16(14-17(20)21)18(22)19-12-10-8-6-4-2;1-3-5-7-9-11-18-17(21)15-13-16(20)19(14-15)12-10-8-6-4-2/h19H,3-18H2,1-2H3,(H,22,25);18H,3-17H2,1-2H3,(H,21,24);17H,3-16H2,1-2H3,(H,20,23);16H,3-15H2,1-2H3,(H,19,22);15H,3-14H2,1-2H3,(H,18,21). The lowest BCUT2D eigenvalue weighted by atomic mass is 10.1. The molecule has 5 fully saturated rings. The molecule has 5 rings (SSSR count). The lowest BCUT2D eigenvalue weighted by molar-refractivity contribution is -0.129. The van der Waals surface area contributed by atoms with Gasteiger partial charge in [-0.3, -0.25) is 47.9 Å². The van der Waals surface area contributed by atoms with Crippen LogP contribution in [0, 0.1) is 29.6 Å².